The fourth-order valence-electron chi connectivity index (χ4n) is 4.53. The van der Waals surface area contributed by atoms with Crippen molar-refractivity contribution in [3.05, 3.63) is 75.2 Å². The van der Waals surface area contributed by atoms with Crippen LogP contribution < -0.4 is 19.9 Å². The zero-order valence-electron chi connectivity index (χ0n) is 20.9. The number of hydrogen-bond donors (Lipinski definition) is 2. The summed E-state index contributed by atoms with van der Waals surface area (Å²) in [6, 6.07) is 13.1. The van der Waals surface area contributed by atoms with Crippen molar-refractivity contribution >= 4 is 11.8 Å². The summed E-state index contributed by atoms with van der Waals surface area (Å²) in [6.07, 6.45) is -0.523. The predicted molar refractivity (Wildman–Crippen MR) is 136 cm³/mol. The van der Waals surface area contributed by atoms with Crippen molar-refractivity contribution in [2.45, 2.75) is 12.8 Å². The van der Waals surface area contributed by atoms with Gasteiger partial charge in [-0.1, -0.05) is 18.2 Å². The standard InChI is InChI=1S/C26H24N6O7/c1-2-37-20-13-15(6-7-19(20)38-26(33)31-8-10-36-11-9-31)21-18(14-27)24(28)39-25-22(21)23(29-30-25)16-4-3-5-17(12-16)32(34)35/h3-7,12-13,21H,2,8-11,28H2,1H3,(H,29,30)/t21-/m0/s1. The summed E-state index contributed by atoms with van der Waals surface area (Å²) in [5.41, 5.74) is 8.08. The highest BCUT2D eigenvalue weighted by molar-refractivity contribution is 5.74. The number of nitrogens with one attached hydrogen (secondary N) is 1. The molecule has 1 fully saturated rings. The molecule has 13 nitrogen and oxygen atoms in total. The van der Waals surface area contributed by atoms with Crippen molar-refractivity contribution in [1.82, 2.24) is 15.1 Å². The maximum absolute atomic E-state index is 12.7. The van der Waals surface area contributed by atoms with E-state index in [2.05, 4.69) is 16.3 Å². The van der Waals surface area contributed by atoms with Crippen LogP contribution in [0.5, 0.6) is 17.4 Å². The Morgan fingerprint density at radius 3 is 2.79 bits per heavy atom. The van der Waals surface area contributed by atoms with Gasteiger partial charge in [-0.3, -0.25) is 15.2 Å². The third-order valence-corrected chi connectivity index (χ3v) is 6.35. The van der Waals surface area contributed by atoms with Crippen molar-refractivity contribution in [2.75, 3.05) is 32.9 Å². The summed E-state index contributed by atoms with van der Waals surface area (Å²) >= 11 is 0. The molecule has 3 aromatic rings. The number of aromatic nitrogens is 2. The van der Waals surface area contributed by atoms with Crippen LogP contribution in [-0.4, -0.2) is 59.0 Å². The Labute approximate surface area is 222 Å². The van der Waals surface area contributed by atoms with Crippen LogP contribution in [0.1, 0.15) is 24.0 Å². The van der Waals surface area contributed by atoms with E-state index in [1.165, 1.54) is 12.1 Å². The Morgan fingerprint density at radius 1 is 1.28 bits per heavy atom. The molecule has 13 heteroatoms. The number of H-pyrrole nitrogens is 1. The molecular formula is C26H24N6O7. The molecule has 39 heavy (non-hydrogen) atoms. The average molecular weight is 533 g/mol. The fraction of sp³-hybridized carbons (Fsp3) is 0.269. The molecule has 2 aliphatic rings. The van der Waals surface area contributed by atoms with Crippen LogP contribution in [0.4, 0.5) is 10.5 Å². The third kappa shape index (κ3) is 4.92. The summed E-state index contributed by atoms with van der Waals surface area (Å²) < 4.78 is 22.4. The number of amides is 1. The first kappa shape index (κ1) is 25.6. The lowest BCUT2D eigenvalue weighted by atomic mass is 9.83. The second-order valence-corrected chi connectivity index (χ2v) is 8.66. The zero-order chi connectivity index (χ0) is 27.5. The Hall–Kier alpha value is -5.09. The molecule has 0 unspecified atom stereocenters. The summed E-state index contributed by atoms with van der Waals surface area (Å²) in [7, 11) is 0. The number of fused-ring (bicyclic) bond motifs is 1. The van der Waals surface area contributed by atoms with E-state index in [0.717, 1.165) is 0 Å². The van der Waals surface area contributed by atoms with Gasteiger partial charge in [-0.25, -0.2) is 4.79 Å². The minimum absolute atomic E-state index is 0.107. The first-order valence-electron chi connectivity index (χ1n) is 12.1. The number of morpholine rings is 1. The van der Waals surface area contributed by atoms with Crippen LogP contribution in [0.15, 0.2) is 53.9 Å². The summed E-state index contributed by atoms with van der Waals surface area (Å²) in [5.74, 6) is -0.228. The summed E-state index contributed by atoms with van der Waals surface area (Å²) in [4.78, 5) is 25.1. The highest BCUT2D eigenvalue weighted by Gasteiger charge is 2.36. The average Bonchev–Trinajstić information content (AvgIpc) is 3.37. The van der Waals surface area contributed by atoms with E-state index in [-0.39, 0.29) is 35.4 Å². The molecule has 0 spiro atoms. The number of ether oxygens (including phenoxy) is 4. The Balaban J connectivity index is 1.57. The molecule has 0 saturated carbocycles. The number of aromatic amines is 1. The first-order chi connectivity index (χ1) is 18.9. The number of nitro benzene ring substituents is 1. The van der Waals surface area contributed by atoms with Crippen LogP contribution >= 0.6 is 0 Å². The number of carbonyl (C=O) groups excluding carboxylic acids is 1. The number of rotatable bonds is 6. The maximum atomic E-state index is 12.7. The van der Waals surface area contributed by atoms with Crippen LogP contribution in [0, 0.1) is 21.4 Å². The normalized spacial score (nSPS) is 16.6. The van der Waals surface area contributed by atoms with Gasteiger partial charge in [-0.15, -0.1) is 5.10 Å². The smallest absolute Gasteiger partial charge is 0.415 e. The van der Waals surface area contributed by atoms with Gasteiger partial charge in [0.05, 0.1) is 41.9 Å². The SMILES string of the molecule is CCOc1cc([C@H]2C(C#N)=C(N)Oc3n[nH]c(-c4cccc([N+](=O)[O-])c4)c32)ccc1OC(=O)N1CCOCC1. The highest BCUT2D eigenvalue weighted by atomic mass is 16.6. The summed E-state index contributed by atoms with van der Waals surface area (Å²) in [6.45, 7) is 3.78. The van der Waals surface area contributed by atoms with E-state index in [1.54, 1.807) is 42.2 Å². The van der Waals surface area contributed by atoms with Gasteiger partial charge in [0.1, 0.15) is 11.6 Å². The number of benzene rings is 2. The van der Waals surface area contributed by atoms with Crippen LogP contribution in [0.2, 0.25) is 0 Å². The van der Waals surface area contributed by atoms with Gasteiger partial charge in [-0.2, -0.15) is 5.26 Å². The van der Waals surface area contributed by atoms with Gasteiger partial charge in [0, 0.05) is 30.8 Å². The number of carbonyl (C=O) groups is 1. The van der Waals surface area contributed by atoms with Crippen LogP contribution in [0.3, 0.4) is 0 Å². The lowest BCUT2D eigenvalue weighted by Gasteiger charge is -2.27. The van der Waals surface area contributed by atoms with Crippen molar-refractivity contribution in [1.29, 1.82) is 5.26 Å². The molecule has 3 heterocycles. The van der Waals surface area contributed by atoms with Gasteiger partial charge in [0.15, 0.2) is 11.5 Å². The number of hydrogen-bond acceptors (Lipinski definition) is 10. The molecule has 2 aliphatic heterocycles. The van der Waals surface area contributed by atoms with Crippen LogP contribution in [0.25, 0.3) is 11.3 Å². The molecular weight excluding hydrogens is 508 g/mol. The van der Waals surface area contributed by atoms with Gasteiger partial charge < -0.3 is 29.6 Å². The van der Waals surface area contributed by atoms with Gasteiger partial charge in [0.25, 0.3) is 5.69 Å². The second-order valence-electron chi connectivity index (χ2n) is 8.66. The molecule has 1 atom stereocenters. The van der Waals surface area contributed by atoms with Crippen molar-refractivity contribution in [2.24, 2.45) is 5.73 Å². The lowest BCUT2D eigenvalue weighted by Crippen LogP contribution is -2.42. The Morgan fingerprint density at radius 2 is 2.08 bits per heavy atom. The van der Waals surface area contributed by atoms with E-state index < -0.39 is 16.9 Å². The topological polar surface area (TPSA) is 179 Å². The molecule has 0 bridgehead atoms. The van der Waals surface area contributed by atoms with Gasteiger partial charge in [0.2, 0.25) is 11.8 Å². The number of non-ortho nitro benzene ring substituents is 1. The van der Waals surface area contributed by atoms with E-state index in [0.29, 0.717) is 54.4 Å². The fourth-order valence-corrected chi connectivity index (χ4v) is 4.53. The number of nitrogens with zero attached hydrogens (tertiary/aromatic N) is 4. The van der Waals surface area contributed by atoms with E-state index in [9.17, 15) is 20.2 Å². The molecule has 0 radical (unpaired) electrons. The molecule has 5 rings (SSSR count). The lowest BCUT2D eigenvalue weighted by molar-refractivity contribution is -0.384. The van der Waals surface area contributed by atoms with Gasteiger partial charge in [-0.05, 0) is 24.6 Å². The quantitative estimate of drug-likeness (QED) is 0.353. The first-order valence-corrected chi connectivity index (χ1v) is 12.1. The molecule has 200 valence electrons. The highest BCUT2D eigenvalue weighted by Crippen LogP contribution is 2.47. The Kier molecular flexibility index (Phi) is 7.02. The van der Waals surface area contributed by atoms with Gasteiger partial charge >= 0.3 is 6.09 Å². The molecule has 1 amide bonds. The molecule has 1 aromatic heterocycles. The largest absolute Gasteiger partial charge is 0.490 e. The van der Waals surface area contributed by atoms with E-state index in [4.69, 9.17) is 24.7 Å². The van der Waals surface area contributed by atoms with Crippen LogP contribution in [-0.2, 0) is 4.74 Å². The number of nitrogens with two attached hydrogens (primary N) is 1. The summed E-state index contributed by atoms with van der Waals surface area (Å²) in [5, 5.41) is 28.5. The van der Waals surface area contributed by atoms with Crippen molar-refractivity contribution in [3.63, 3.8) is 0 Å². The molecule has 0 aliphatic carbocycles. The number of nitro groups is 1. The third-order valence-electron chi connectivity index (χ3n) is 6.35. The molecule has 3 N–H and O–H groups in total. The van der Waals surface area contributed by atoms with E-state index in [1.807, 2.05) is 0 Å². The second kappa shape index (κ2) is 10.7. The number of allylic oxidation sites excluding steroid dienone is 1. The molecule has 1 saturated heterocycles. The van der Waals surface area contributed by atoms with E-state index >= 15 is 0 Å². The number of nitriles is 1. The monoisotopic (exact) mass is 532 g/mol. The minimum atomic E-state index is -0.755. The Bertz CT molecular complexity index is 1500. The van der Waals surface area contributed by atoms with Crippen molar-refractivity contribution in [3.8, 4) is 34.7 Å². The predicted octanol–water partition coefficient (Wildman–Crippen LogP) is 3.43. The van der Waals surface area contributed by atoms with Crippen molar-refractivity contribution < 1.29 is 28.7 Å². The maximum Gasteiger partial charge on any atom is 0.415 e. The zero-order valence-corrected chi connectivity index (χ0v) is 20.9. The molecule has 2 aromatic carbocycles. The minimum Gasteiger partial charge on any atom is -0.490 e.